The van der Waals surface area contributed by atoms with Crippen molar-refractivity contribution in [2.24, 2.45) is 0 Å². The third-order valence-corrected chi connectivity index (χ3v) is 3.12. The van der Waals surface area contributed by atoms with Crippen LogP contribution in [0.25, 0.3) is 0 Å². The molecule has 1 aliphatic heterocycles. The molecule has 1 N–H and O–H groups in total. The van der Waals surface area contributed by atoms with Gasteiger partial charge in [0.2, 0.25) is 0 Å². The van der Waals surface area contributed by atoms with Crippen LogP contribution in [0.5, 0.6) is 0 Å². The lowest BCUT2D eigenvalue weighted by Gasteiger charge is -2.26. The van der Waals surface area contributed by atoms with Crippen LogP contribution in [0.15, 0.2) is 30.3 Å². The Morgan fingerprint density at radius 3 is 2.67 bits per heavy atom. The Labute approximate surface area is 108 Å². The standard InChI is InChI=1S/C14H21NO3/c16-14(13-4-2-1-3-5-13)12-18-11-8-15-6-9-17-10-7-15/h1-5,14,16H,6-12H2. The first-order valence-corrected chi connectivity index (χ1v) is 6.47. The van der Waals surface area contributed by atoms with E-state index in [9.17, 15) is 5.11 Å². The summed E-state index contributed by atoms with van der Waals surface area (Å²) in [4.78, 5) is 2.32. The molecule has 18 heavy (non-hydrogen) atoms. The Hall–Kier alpha value is -0.940. The van der Waals surface area contributed by atoms with Crippen molar-refractivity contribution in [1.29, 1.82) is 0 Å². The fourth-order valence-corrected chi connectivity index (χ4v) is 1.98. The Balaban J connectivity index is 1.60. The Bertz CT molecular complexity index is 325. The van der Waals surface area contributed by atoms with Crippen LogP contribution >= 0.6 is 0 Å². The van der Waals surface area contributed by atoms with Gasteiger partial charge in [0.1, 0.15) is 6.10 Å². The summed E-state index contributed by atoms with van der Waals surface area (Å²) in [6.07, 6.45) is -0.532. The van der Waals surface area contributed by atoms with Crippen LogP contribution in [-0.4, -0.2) is 56.1 Å². The summed E-state index contributed by atoms with van der Waals surface area (Å²) in [6.45, 7) is 5.50. The number of hydrogen-bond donors (Lipinski definition) is 1. The number of nitrogens with zero attached hydrogens (tertiary/aromatic N) is 1. The highest BCUT2D eigenvalue weighted by Gasteiger charge is 2.10. The predicted octanol–water partition coefficient (Wildman–Crippen LogP) is 1.07. The van der Waals surface area contributed by atoms with Crippen LogP contribution in [0, 0.1) is 0 Å². The lowest BCUT2D eigenvalue weighted by molar-refractivity contribution is 0.000845. The molecule has 0 spiro atoms. The smallest absolute Gasteiger partial charge is 0.102 e. The molecule has 0 aliphatic carbocycles. The molecule has 1 aromatic rings. The second kappa shape index (κ2) is 7.48. The summed E-state index contributed by atoms with van der Waals surface area (Å²) in [5, 5.41) is 9.90. The number of ether oxygens (including phenoxy) is 2. The van der Waals surface area contributed by atoms with Crippen LogP contribution in [-0.2, 0) is 9.47 Å². The zero-order valence-electron chi connectivity index (χ0n) is 10.6. The number of aliphatic hydroxyl groups is 1. The van der Waals surface area contributed by atoms with Crippen molar-refractivity contribution in [3.05, 3.63) is 35.9 Å². The van der Waals surface area contributed by atoms with Crippen molar-refractivity contribution < 1.29 is 14.6 Å². The third kappa shape index (κ3) is 4.38. The van der Waals surface area contributed by atoms with Gasteiger partial charge >= 0.3 is 0 Å². The fourth-order valence-electron chi connectivity index (χ4n) is 1.98. The van der Waals surface area contributed by atoms with Crippen LogP contribution < -0.4 is 0 Å². The molecule has 1 aliphatic rings. The van der Waals surface area contributed by atoms with Gasteiger partial charge in [-0.3, -0.25) is 4.90 Å². The van der Waals surface area contributed by atoms with Crippen LogP contribution in [0.3, 0.4) is 0 Å². The maximum absolute atomic E-state index is 9.90. The molecule has 4 nitrogen and oxygen atoms in total. The molecule has 1 atom stereocenters. The first-order valence-electron chi connectivity index (χ1n) is 6.47. The highest BCUT2D eigenvalue weighted by molar-refractivity contribution is 5.17. The summed E-state index contributed by atoms with van der Waals surface area (Å²) in [6, 6.07) is 9.61. The number of morpholine rings is 1. The molecule has 2 rings (SSSR count). The molecule has 100 valence electrons. The zero-order chi connectivity index (χ0) is 12.6. The molecule has 0 amide bonds. The maximum atomic E-state index is 9.90. The quantitative estimate of drug-likeness (QED) is 0.768. The highest BCUT2D eigenvalue weighted by Crippen LogP contribution is 2.11. The molecule has 1 aromatic carbocycles. The minimum atomic E-state index is -0.532. The monoisotopic (exact) mass is 251 g/mol. The average molecular weight is 251 g/mol. The van der Waals surface area contributed by atoms with E-state index in [4.69, 9.17) is 9.47 Å². The summed E-state index contributed by atoms with van der Waals surface area (Å²) in [5.41, 5.74) is 0.906. The maximum Gasteiger partial charge on any atom is 0.102 e. The van der Waals surface area contributed by atoms with E-state index in [-0.39, 0.29) is 0 Å². The number of benzene rings is 1. The van der Waals surface area contributed by atoms with Crippen molar-refractivity contribution in [2.75, 3.05) is 46.1 Å². The largest absolute Gasteiger partial charge is 0.386 e. The summed E-state index contributed by atoms with van der Waals surface area (Å²) in [5.74, 6) is 0. The van der Waals surface area contributed by atoms with Gasteiger partial charge in [0, 0.05) is 19.6 Å². The minimum absolute atomic E-state index is 0.356. The molecule has 1 unspecified atom stereocenters. The van der Waals surface area contributed by atoms with E-state index >= 15 is 0 Å². The second-order valence-electron chi connectivity index (χ2n) is 4.46. The van der Waals surface area contributed by atoms with Gasteiger partial charge in [0.05, 0.1) is 26.4 Å². The van der Waals surface area contributed by atoms with Gasteiger partial charge < -0.3 is 14.6 Å². The van der Waals surface area contributed by atoms with Crippen molar-refractivity contribution in [3.63, 3.8) is 0 Å². The van der Waals surface area contributed by atoms with Gasteiger partial charge in [-0.2, -0.15) is 0 Å². The van der Waals surface area contributed by atoms with Gasteiger partial charge in [0.25, 0.3) is 0 Å². The van der Waals surface area contributed by atoms with Gasteiger partial charge in [-0.1, -0.05) is 30.3 Å². The van der Waals surface area contributed by atoms with Gasteiger partial charge in [0.15, 0.2) is 0 Å². The van der Waals surface area contributed by atoms with E-state index in [0.29, 0.717) is 13.2 Å². The topological polar surface area (TPSA) is 41.9 Å². The summed E-state index contributed by atoms with van der Waals surface area (Å²) < 4.78 is 10.8. The van der Waals surface area contributed by atoms with Crippen molar-refractivity contribution >= 4 is 0 Å². The molecular weight excluding hydrogens is 230 g/mol. The summed E-state index contributed by atoms with van der Waals surface area (Å²) in [7, 11) is 0. The van der Waals surface area contributed by atoms with Gasteiger partial charge in [-0.15, -0.1) is 0 Å². The van der Waals surface area contributed by atoms with E-state index < -0.39 is 6.10 Å². The molecule has 0 aromatic heterocycles. The Morgan fingerprint density at radius 2 is 1.94 bits per heavy atom. The lowest BCUT2D eigenvalue weighted by atomic mass is 10.1. The number of rotatable bonds is 6. The van der Waals surface area contributed by atoms with E-state index in [2.05, 4.69) is 4.90 Å². The molecule has 1 heterocycles. The normalized spacial score (nSPS) is 18.7. The van der Waals surface area contributed by atoms with Crippen LogP contribution in [0.2, 0.25) is 0 Å². The van der Waals surface area contributed by atoms with Crippen molar-refractivity contribution in [3.8, 4) is 0 Å². The van der Waals surface area contributed by atoms with Crippen molar-refractivity contribution in [1.82, 2.24) is 4.90 Å². The Morgan fingerprint density at radius 1 is 1.22 bits per heavy atom. The molecule has 1 saturated heterocycles. The lowest BCUT2D eigenvalue weighted by Crippen LogP contribution is -2.38. The van der Waals surface area contributed by atoms with Gasteiger partial charge in [-0.25, -0.2) is 0 Å². The van der Waals surface area contributed by atoms with Crippen molar-refractivity contribution in [2.45, 2.75) is 6.10 Å². The number of hydrogen-bond acceptors (Lipinski definition) is 4. The fraction of sp³-hybridized carbons (Fsp3) is 0.571. The van der Waals surface area contributed by atoms with Gasteiger partial charge in [-0.05, 0) is 5.56 Å². The predicted molar refractivity (Wildman–Crippen MR) is 69.5 cm³/mol. The second-order valence-corrected chi connectivity index (χ2v) is 4.46. The molecule has 4 heteroatoms. The molecule has 0 radical (unpaired) electrons. The third-order valence-electron chi connectivity index (χ3n) is 3.12. The number of aliphatic hydroxyl groups excluding tert-OH is 1. The highest BCUT2D eigenvalue weighted by atomic mass is 16.5. The summed E-state index contributed by atoms with van der Waals surface area (Å²) >= 11 is 0. The zero-order valence-corrected chi connectivity index (χ0v) is 10.6. The molecule has 0 bridgehead atoms. The molecule has 0 saturated carbocycles. The van der Waals surface area contributed by atoms with E-state index in [1.54, 1.807) is 0 Å². The Kier molecular flexibility index (Phi) is 5.61. The first-order chi connectivity index (χ1) is 8.86. The first kappa shape index (κ1) is 13.5. The van der Waals surface area contributed by atoms with E-state index in [1.807, 2.05) is 30.3 Å². The van der Waals surface area contributed by atoms with Crippen LogP contribution in [0.4, 0.5) is 0 Å². The average Bonchev–Trinajstić information content (AvgIpc) is 2.45. The molecule has 1 fully saturated rings. The van der Waals surface area contributed by atoms with Crippen LogP contribution in [0.1, 0.15) is 11.7 Å². The SMILES string of the molecule is OC(COCCN1CCOCC1)c1ccccc1. The minimum Gasteiger partial charge on any atom is -0.386 e. The van der Waals surface area contributed by atoms with E-state index in [1.165, 1.54) is 0 Å². The van der Waals surface area contributed by atoms with E-state index in [0.717, 1.165) is 38.4 Å². The molecular formula is C14H21NO3.